The number of para-hydroxylation sites is 2. The molecule has 2 heterocycles. The zero-order valence-electron chi connectivity index (χ0n) is 12.4. The fraction of sp³-hybridized carbons (Fsp3) is 0.333. The van der Waals surface area contributed by atoms with Gasteiger partial charge < -0.3 is 4.57 Å². The van der Waals surface area contributed by atoms with Gasteiger partial charge in [-0.3, -0.25) is 11.3 Å². The summed E-state index contributed by atoms with van der Waals surface area (Å²) >= 11 is 1.69. The molecule has 0 spiro atoms. The fourth-order valence-corrected chi connectivity index (χ4v) is 3.65. The molecule has 3 aromatic rings. The molecule has 110 valence electrons. The molecular weight excluding hydrogens is 282 g/mol. The summed E-state index contributed by atoms with van der Waals surface area (Å²) in [6, 6.07) is 8.19. The molecule has 1 aromatic carbocycles. The highest BCUT2D eigenvalue weighted by Gasteiger charge is 2.19. The molecule has 0 radical (unpaired) electrons. The van der Waals surface area contributed by atoms with Gasteiger partial charge in [0.1, 0.15) is 5.82 Å². The number of nitrogens with one attached hydrogen (secondary N) is 1. The van der Waals surface area contributed by atoms with Crippen LogP contribution in [0.2, 0.25) is 0 Å². The summed E-state index contributed by atoms with van der Waals surface area (Å²) in [5.41, 5.74) is 6.11. The summed E-state index contributed by atoms with van der Waals surface area (Å²) < 4.78 is 2.13. The van der Waals surface area contributed by atoms with Gasteiger partial charge in [0, 0.05) is 18.3 Å². The number of thiazole rings is 1. The minimum atomic E-state index is 0.0340. The monoisotopic (exact) mass is 301 g/mol. The van der Waals surface area contributed by atoms with E-state index in [0.29, 0.717) is 0 Å². The van der Waals surface area contributed by atoms with Crippen molar-refractivity contribution in [3.05, 3.63) is 45.7 Å². The van der Waals surface area contributed by atoms with Crippen molar-refractivity contribution in [3.63, 3.8) is 0 Å². The van der Waals surface area contributed by atoms with Crippen molar-refractivity contribution in [3.8, 4) is 0 Å². The Bertz CT molecular complexity index is 774. The van der Waals surface area contributed by atoms with Crippen LogP contribution in [0.3, 0.4) is 0 Å². The molecule has 1 unspecified atom stereocenters. The zero-order valence-corrected chi connectivity index (χ0v) is 13.2. The van der Waals surface area contributed by atoms with E-state index in [0.717, 1.165) is 34.0 Å². The van der Waals surface area contributed by atoms with Crippen LogP contribution in [0.25, 0.3) is 11.0 Å². The first-order chi connectivity index (χ1) is 10.1. The van der Waals surface area contributed by atoms with Crippen LogP contribution in [-0.2, 0) is 13.5 Å². The summed E-state index contributed by atoms with van der Waals surface area (Å²) in [6.07, 6.45) is 0.740. The van der Waals surface area contributed by atoms with Gasteiger partial charge >= 0.3 is 0 Å². The Balaban J connectivity index is 1.96. The number of aryl methyl sites for hydroxylation is 3. The Hall–Kier alpha value is -1.76. The number of benzene rings is 1. The second-order valence-electron chi connectivity index (χ2n) is 5.18. The molecule has 0 amide bonds. The predicted octanol–water partition coefficient (Wildman–Crippen LogP) is 2.39. The first-order valence-electron chi connectivity index (χ1n) is 6.90. The first-order valence-corrected chi connectivity index (χ1v) is 7.72. The van der Waals surface area contributed by atoms with Crippen molar-refractivity contribution in [1.82, 2.24) is 20.0 Å². The molecule has 0 aliphatic heterocycles. The lowest BCUT2D eigenvalue weighted by Crippen LogP contribution is -2.30. The third-order valence-electron chi connectivity index (χ3n) is 3.72. The lowest BCUT2D eigenvalue weighted by Gasteiger charge is -2.14. The second-order valence-corrected chi connectivity index (χ2v) is 6.42. The highest BCUT2D eigenvalue weighted by Crippen LogP contribution is 2.27. The maximum Gasteiger partial charge on any atom is 0.111 e. The van der Waals surface area contributed by atoms with Gasteiger partial charge in [-0.1, -0.05) is 12.1 Å². The van der Waals surface area contributed by atoms with Crippen LogP contribution in [0.4, 0.5) is 0 Å². The minimum Gasteiger partial charge on any atom is -0.331 e. The number of nitrogens with zero attached hydrogens (tertiary/aromatic N) is 3. The maximum atomic E-state index is 5.77. The number of hydrogen-bond acceptors (Lipinski definition) is 5. The van der Waals surface area contributed by atoms with Crippen LogP contribution in [0.15, 0.2) is 24.3 Å². The van der Waals surface area contributed by atoms with E-state index in [1.165, 1.54) is 4.88 Å². The van der Waals surface area contributed by atoms with Crippen LogP contribution in [-0.4, -0.2) is 14.5 Å². The van der Waals surface area contributed by atoms with E-state index in [-0.39, 0.29) is 6.04 Å². The minimum absolute atomic E-state index is 0.0340. The Morgan fingerprint density at radius 1 is 1.29 bits per heavy atom. The zero-order chi connectivity index (χ0) is 15.0. The molecule has 21 heavy (non-hydrogen) atoms. The van der Waals surface area contributed by atoms with Crippen LogP contribution in [0, 0.1) is 13.8 Å². The number of hydrazine groups is 1. The number of imidazole rings is 1. The lowest BCUT2D eigenvalue weighted by molar-refractivity contribution is 0.536. The van der Waals surface area contributed by atoms with E-state index in [1.807, 2.05) is 39.1 Å². The molecule has 6 heteroatoms. The van der Waals surface area contributed by atoms with Crippen molar-refractivity contribution in [2.24, 2.45) is 12.9 Å². The third kappa shape index (κ3) is 2.57. The Morgan fingerprint density at radius 2 is 2.05 bits per heavy atom. The molecule has 3 rings (SSSR count). The average molecular weight is 301 g/mol. The Kier molecular flexibility index (Phi) is 3.75. The van der Waals surface area contributed by atoms with E-state index in [4.69, 9.17) is 10.8 Å². The molecular formula is C15H19N5S. The summed E-state index contributed by atoms with van der Waals surface area (Å²) in [5, 5.41) is 1.06. The molecule has 0 fully saturated rings. The maximum absolute atomic E-state index is 5.77. The molecule has 0 aliphatic carbocycles. The molecule has 0 saturated carbocycles. The van der Waals surface area contributed by atoms with Crippen LogP contribution < -0.4 is 11.3 Å². The predicted molar refractivity (Wildman–Crippen MR) is 86.1 cm³/mol. The summed E-state index contributed by atoms with van der Waals surface area (Å²) in [7, 11) is 2.04. The molecule has 3 N–H and O–H groups in total. The highest BCUT2D eigenvalue weighted by molar-refractivity contribution is 7.11. The second kappa shape index (κ2) is 5.55. The molecule has 0 aliphatic rings. The topological polar surface area (TPSA) is 68.8 Å². The lowest BCUT2D eigenvalue weighted by atomic mass is 10.1. The Labute approximate surface area is 127 Å². The fourth-order valence-electron chi connectivity index (χ4n) is 2.66. The van der Waals surface area contributed by atoms with Gasteiger partial charge in [-0.25, -0.2) is 9.97 Å². The molecule has 5 nitrogen and oxygen atoms in total. The summed E-state index contributed by atoms with van der Waals surface area (Å²) in [5.74, 6) is 6.79. The average Bonchev–Trinajstić information content (AvgIpc) is 2.97. The largest absolute Gasteiger partial charge is 0.331 e. The van der Waals surface area contributed by atoms with E-state index in [2.05, 4.69) is 21.0 Å². The molecule has 0 saturated heterocycles. The van der Waals surface area contributed by atoms with Crippen molar-refractivity contribution >= 4 is 22.4 Å². The first kappa shape index (κ1) is 14.2. The standard InChI is InChI=1S/C15H19N5S/c1-9-15(21-10(2)17-9)12(19-16)8-14-18-11-6-4-5-7-13(11)20(14)3/h4-7,12,19H,8,16H2,1-3H3. The Morgan fingerprint density at radius 3 is 2.67 bits per heavy atom. The van der Waals surface area contributed by atoms with E-state index in [9.17, 15) is 0 Å². The van der Waals surface area contributed by atoms with Crippen molar-refractivity contribution in [2.75, 3.05) is 0 Å². The van der Waals surface area contributed by atoms with Crippen LogP contribution >= 0.6 is 11.3 Å². The number of nitrogens with two attached hydrogens (primary N) is 1. The van der Waals surface area contributed by atoms with Gasteiger partial charge in [0.2, 0.25) is 0 Å². The van der Waals surface area contributed by atoms with Gasteiger partial charge in [0.05, 0.1) is 27.8 Å². The molecule has 2 aromatic heterocycles. The van der Waals surface area contributed by atoms with Crippen molar-refractivity contribution < 1.29 is 0 Å². The molecule has 1 atom stereocenters. The smallest absolute Gasteiger partial charge is 0.111 e. The van der Waals surface area contributed by atoms with Gasteiger partial charge in [0.15, 0.2) is 0 Å². The van der Waals surface area contributed by atoms with E-state index < -0.39 is 0 Å². The van der Waals surface area contributed by atoms with Crippen molar-refractivity contribution in [1.29, 1.82) is 0 Å². The highest BCUT2D eigenvalue weighted by atomic mass is 32.1. The van der Waals surface area contributed by atoms with Gasteiger partial charge in [-0.05, 0) is 26.0 Å². The van der Waals surface area contributed by atoms with Crippen LogP contribution in [0.1, 0.15) is 27.4 Å². The van der Waals surface area contributed by atoms with Gasteiger partial charge in [0.25, 0.3) is 0 Å². The summed E-state index contributed by atoms with van der Waals surface area (Å²) in [4.78, 5) is 10.4. The summed E-state index contributed by atoms with van der Waals surface area (Å²) in [6.45, 7) is 4.04. The van der Waals surface area contributed by atoms with Gasteiger partial charge in [-0.2, -0.15) is 0 Å². The van der Waals surface area contributed by atoms with Crippen LogP contribution in [0.5, 0.6) is 0 Å². The normalized spacial score (nSPS) is 13.0. The number of hydrogen-bond donors (Lipinski definition) is 2. The number of rotatable bonds is 4. The van der Waals surface area contributed by atoms with E-state index in [1.54, 1.807) is 11.3 Å². The van der Waals surface area contributed by atoms with Crippen molar-refractivity contribution in [2.45, 2.75) is 26.3 Å². The molecule has 0 bridgehead atoms. The number of aromatic nitrogens is 3. The third-order valence-corrected chi connectivity index (χ3v) is 4.91. The van der Waals surface area contributed by atoms with Gasteiger partial charge in [-0.15, -0.1) is 11.3 Å². The SMILES string of the molecule is Cc1nc(C)c(C(Cc2nc3ccccc3n2C)NN)s1. The van der Waals surface area contributed by atoms with E-state index >= 15 is 0 Å². The quantitative estimate of drug-likeness (QED) is 0.573. The number of fused-ring (bicyclic) bond motifs is 1.